The van der Waals surface area contributed by atoms with Crippen molar-refractivity contribution in [3.05, 3.63) is 44.3 Å². The fourth-order valence-electron chi connectivity index (χ4n) is 1.48. The van der Waals surface area contributed by atoms with Gasteiger partial charge in [-0.2, -0.15) is 10.5 Å². The zero-order chi connectivity index (χ0) is 11.7. The average Bonchev–Trinajstić information content (AvgIpc) is 2.29. The Morgan fingerprint density at radius 3 is 1.44 bits per heavy atom. The first-order chi connectivity index (χ1) is 7.65. The molecule has 0 aliphatic rings. The van der Waals surface area contributed by atoms with E-state index in [1.807, 2.05) is 24.3 Å². The highest BCUT2D eigenvalue weighted by Gasteiger charge is 2.06. The maximum absolute atomic E-state index is 8.91. The van der Waals surface area contributed by atoms with E-state index >= 15 is 0 Å². The molecule has 0 radical (unpaired) electrons. The molecule has 0 N–H and O–H groups in total. The van der Waals surface area contributed by atoms with E-state index in [0.717, 1.165) is 19.7 Å². The lowest BCUT2D eigenvalue weighted by Crippen LogP contribution is -1.85. The van der Waals surface area contributed by atoms with Gasteiger partial charge >= 0.3 is 0 Å². The number of halogens is 2. The Bertz CT molecular complexity index is 605. The molecule has 0 aliphatic carbocycles. The van der Waals surface area contributed by atoms with Crippen molar-refractivity contribution in [3.63, 3.8) is 0 Å². The van der Waals surface area contributed by atoms with Crippen LogP contribution < -0.4 is 0 Å². The van der Waals surface area contributed by atoms with Gasteiger partial charge in [0.05, 0.1) is 11.1 Å². The summed E-state index contributed by atoms with van der Waals surface area (Å²) in [5.41, 5.74) is 0.813. The van der Waals surface area contributed by atoms with Crippen LogP contribution in [0, 0.1) is 22.7 Å². The van der Waals surface area contributed by atoms with Gasteiger partial charge in [-0.1, -0.05) is 0 Å². The number of nitrogens with zero attached hydrogens (tertiary/aromatic N) is 2. The van der Waals surface area contributed by atoms with Crippen molar-refractivity contribution in [1.29, 1.82) is 10.5 Å². The van der Waals surface area contributed by atoms with Crippen LogP contribution in [0.1, 0.15) is 11.1 Å². The first kappa shape index (κ1) is 11.1. The summed E-state index contributed by atoms with van der Waals surface area (Å²) in [6.45, 7) is 0. The largest absolute Gasteiger partial charge is 0.192 e. The Hall–Kier alpha value is -1.36. The Labute approximate surface area is 109 Å². The van der Waals surface area contributed by atoms with Gasteiger partial charge in [-0.15, -0.1) is 0 Å². The van der Waals surface area contributed by atoms with Gasteiger partial charge in [-0.3, -0.25) is 0 Å². The fraction of sp³-hybridized carbons (Fsp3) is 0. The van der Waals surface area contributed by atoms with Crippen LogP contribution in [0.4, 0.5) is 0 Å². The van der Waals surface area contributed by atoms with E-state index in [4.69, 9.17) is 10.5 Å². The Morgan fingerprint density at radius 1 is 0.750 bits per heavy atom. The maximum Gasteiger partial charge on any atom is 0.101 e. The van der Waals surface area contributed by atoms with Crippen LogP contribution in [0.2, 0.25) is 0 Å². The summed E-state index contributed by atoms with van der Waals surface area (Å²) < 4.78 is 1.85. The highest BCUT2D eigenvalue weighted by molar-refractivity contribution is 9.13. The molecule has 0 fully saturated rings. The van der Waals surface area contributed by atoms with Gasteiger partial charge in [0.15, 0.2) is 0 Å². The van der Waals surface area contributed by atoms with Crippen molar-refractivity contribution >= 4 is 42.6 Å². The summed E-state index contributed by atoms with van der Waals surface area (Å²) >= 11 is 6.81. The third-order valence-corrected chi connectivity index (χ3v) is 4.10. The van der Waals surface area contributed by atoms with E-state index in [1.165, 1.54) is 0 Å². The Balaban J connectivity index is 2.86. The standard InChI is InChI=1S/C12H4Br2N2/c13-11-3-7-1-9(5-15)10(6-16)2-8(7)4-12(11)14/h1-4H. The molecule has 0 heterocycles. The van der Waals surface area contributed by atoms with Crippen LogP contribution in [0.5, 0.6) is 0 Å². The predicted molar refractivity (Wildman–Crippen MR) is 68.8 cm³/mol. The topological polar surface area (TPSA) is 47.6 Å². The first-order valence-electron chi connectivity index (χ1n) is 4.38. The highest BCUT2D eigenvalue weighted by Crippen LogP contribution is 2.30. The summed E-state index contributed by atoms with van der Waals surface area (Å²) in [5, 5.41) is 19.7. The second kappa shape index (κ2) is 4.25. The smallest absolute Gasteiger partial charge is 0.101 e. The van der Waals surface area contributed by atoms with E-state index < -0.39 is 0 Å². The lowest BCUT2D eigenvalue weighted by Gasteiger charge is -2.03. The molecule has 0 saturated carbocycles. The lowest BCUT2D eigenvalue weighted by atomic mass is 10.0. The predicted octanol–water partition coefficient (Wildman–Crippen LogP) is 4.11. The number of hydrogen-bond acceptors (Lipinski definition) is 2. The summed E-state index contributed by atoms with van der Waals surface area (Å²) in [6, 6.07) is 11.3. The quantitative estimate of drug-likeness (QED) is 0.727. The molecule has 0 amide bonds. The van der Waals surface area contributed by atoms with Crippen LogP contribution in [0.3, 0.4) is 0 Å². The first-order valence-corrected chi connectivity index (χ1v) is 5.97. The van der Waals surface area contributed by atoms with Crippen LogP contribution in [-0.2, 0) is 0 Å². The van der Waals surface area contributed by atoms with Crippen LogP contribution >= 0.6 is 31.9 Å². The maximum atomic E-state index is 8.91. The van der Waals surface area contributed by atoms with Crippen LogP contribution in [-0.4, -0.2) is 0 Å². The molecule has 2 aromatic rings. The average molecular weight is 336 g/mol. The third kappa shape index (κ3) is 1.82. The molecule has 0 unspecified atom stereocenters. The van der Waals surface area contributed by atoms with E-state index in [1.54, 1.807) is 12.1 Å². The molecular weight excluding hydrogens is 332 g/mol. The molecule has 0 saturated heterocycles. The monoisotopic (exact) mass is 334 g/mol. The van der Waals surface area contributed by atoms with Gasteiger partial charge in [0.1, 0.15) is 12.1 Å². The molecular formula is C12H4Br2N2. The minimum atomic E-state index is 0.407. The number of fused-ring (bicyclic) bond motifs is 1. The summed E-state index contributed by atoms with van der Waals surface area (Å²) in [5.74, 6) is 0. The zero-order valence-electron chi connectivity index (χ0n) is 7.96. The molecule has 0 atom stereocenters. The van der Waals surface area contributed by atoms with Gasteiger partial charge < -0.3 is 0 Å². The number of hydrogen-bond donors (Lipinski definition) is 0. The summed E-state index contributed by atoms with van der Waals surface area (Å²) in [6.07, 6.45) is 0. The summed E-state index contributed by atoms with van der Waals surface area (Å²) in [4.78, 5) is 0. The van der Waals surface area contributed by atoms with Crippen molar-refractivity contribution in [2.45, 2.75) is 0 Å². The normalized spacial score (nSPS) is 9.75. The second-order valence-corrected chi connectivity index (χ2v) is 4.94. The molecule has 76 valence electrons. The number of nitriles is 2. The van der Waals surface area contributed by atoms with Gasteiger partial charge in [0.25, 0.3) is 0 Å². The molecule has 0 bridgehead atoms. The van der Waals surface area contributed by atoms with Crippen molar-refractivity contribution in [2.75, 3.05) is 0 Å². The van der Waals surface area contributed by atoms with Crippen LogP contribution in [0.15, 0.2) is 33.2 Å². The van der Waals surface area contributed by atoms with E-state index in [2.05, 4.69) is 31.9 Å². The van der Waals surface area contributed by atoms with E-state index in [-0.39, 0.29) is 0 Å². The Kier molecular flexibility index (Phi) is 2.96. The van der Waals surface area contributed by atoms with Crippen molar-refractivity contribution in [3.8, 4) is 12.1 Å². The van der Waals surface area contributed by atoms with Crippen molar-refractivity contribution in [2.24, 2.45) is 0 Å². The minimum absolute atomic E-state index is 0.407. The SMILES string of the molecule is N#Cc1cc2cc(Br)c(Br)cc2cc1C#N. The lowest BCUT2D eigenvalue weighted by molar-refractivity contribution is 1.44. The Morgan fingerprint density at radius 2 is 1.12 bits per heavy atom. The number of rotatable bonds is 0. The molecule has 4 heteroatoms. The van der Waals surface area contributed by atoms with Gasteiger partial charge in [0, 0.05) is 8.95 Å². The number of benzene rings is 2. The van der Waals surface area contributed by atoms with Gasteiger partial charge in [-0.05, 0) is 66.9 Å². The molecule has 2 aromatic carbocycles. The third-order valence-electron chi connectivity index (χ3n) is 2.26. The zero-order valence-corrected chi connectivity index (χ0v) is 11.1. The summed E-state index contributed by atoms with van der Waals surface area (Å²) in [7, 11) is 0. The van der Waals surface area contributed by atoms with E-state index in [0.29, 0.717) is 11.1 Å². The van der Waals surface area contributed by atoms with Crippen LogP contribution in [0.25, 0.3) is 10.8 Å². The fourth-order valence-corrected chi connectivity index (χ4v) is 2.20. The molecule has 2 rings (SSSR count). The van der Waals surface area contributed by atoms with Crippen molar-refractivity contribution in [1.82, 2.24) is 0 Å². The molecule has 2 nitrogen and oxygen atoms in total. The molecule has 16 heavy (non-hydrogen) atoms. The van der Waals surface area contributed by atoms with Crippen molar-refractivity contribution < 1.29 is 0 Å². The molecule has 0 aromatic heterocycles. The molecule has 0 spiro atoms. The van der Waals surface area contributed by atoms with E-state index in [9.17, 15) is 0 Å². The minimum Gasteiger partial charge on any atom is -0.192 e. The molecule has 0 aliphatic heterocycles. The highest BCUT2D eigenvalue weighted by atomic mass is 79.9. The van der Waals surface area contributed by atoms with Gasteiger partial charge in [-0.25, -0.2) is 0 Å². The van der Waals surface area contributed by atoms with Gasteiger partial charge in [0.2, 0.25) is 0 Å². The second-order valence-electron chi connectivity index (χ2n) is 3.23.